The van der Waals surface area contributed by atoms with E-state index in [1.54, 1.807) is 11.3 Å². The Morgan fingerprint density at radius 1 is 0.957 bits per heavy atom. The van der Waals surface area contributed by atoms with Gasteiger partial charge in [-0.1, -0.05) is 58.4 Å². The summed E-state index contributed by atoms with van der Waals surface area (Å²) in [5.74, 6) is -0.0354. The highest BCUT2D eigenvalue weighted by Crippen LogP contribution is 2.39. The van der Waals surface area contributed by atoms with Crippen molar-refractivity contribution in [3.8, 4) is 11.1 Å². The van der Waals surface area contributed by atoms with Gasteiger partial charge in [0.05, 0.1) is 5.56 Å². The number of benzene rings is 2. The van der Waals surface area contributed by atoms with E-state index in [1.807, 2.05) is 60.0 Å². The highest BCUT2D eigenvalue weighted by molar-refractivity contribution is 9.10. The van der Waals surface area contributed by atoms with Crippen LogP contribution in [-0.2, 0) is 0 Å². The number of nitrogens with one attached hydrogen (secondary N) is 2. The molecular formula is C18H13BrN2OS. The monoisotopic (exact) mass is 384 g/mol. The van der Waals surface area contributed by atoms with Crippen molar-refractivity contribution in [3.05, 3.63) is 75.6 Å². The van der Waals surface area contributed by atoms with E-state index in [0.717, 1.165) is 31.7 Å². The Labute approximate surface area is 146 Å². The Balaban J connectivity index is 1.70. The molecule has 1 unspecified atom stereocenters. The molecule has 23 heavy (non-hydrogen) atoms. The van der Waals surface area contributed by atoms with Crippen molar-refractivity contribution in [1.82, 2.24) is 5.32 Å². The molecule has 0 saturated carbocycles. The highest BCUT2D eigenvalue weighted by atomic mass is 79.9. The number of halogens is 1. The maximum Gasteiger partial charge on any atom is 0.256 e. The van der Waals surface area contributed by atoms with Gasteiger partial charge < -0.3 is 10.6 Å². The number of anilines is 1. The predicted octanol–water partition coefficient (Wildman–Crippen LogP) is 5.03. The minimum atomic E-state index is -0.203. The molecule has 2 heterocycles. The molecule has 4 rings (SSSR count). The van der Waals surface area contributed by atoms with E-state index in [9.17, 15) is 4.79 Å². The van der Waals surface area contributed by atoms with E-state index in [-0.39, 0.29) is 12.1 Å². The van der Waals surface area contributed by atoms with E-state index < -0.39 is 0 Å². The summed E-state index contributed by atoms with van der Waals surface area (Å²) in [4.78, 5) is 12.6. The van der Waals surface area contributed by atoms with Crippen LogP contribution in [0.4, 0.5) is 5.00 Å². The molecule has 3 nitrogen and oxygen atoms in total. The van der Waals surface area contributed by atoms with Crippen LogP contribution in [0, 0.1) is 0 Å². The Kier molecular flexibility index (Phi) is 3.67. The van der Waals surface area contributed by atoms with Gasteiger partial charge in [-0.2, -0.15) is 0 Å². The van der Waals surface area contributed by atoms with Gasteiger partial charge in [-0.15, -0.1) is 11.3 Å². The summed E-state index contributed by atoms with van der Waals surface area (Å²) in [7, 11) is 0. The summed E-state index contributed by atoms with van der Waals surface area (Å²) < 4.78 is 1.02. The Morgan fingerprint density at radius 3 is 2.43 bits per heavy atom. The second-order valence-corrected chi connectivity index (χ2v) is 7.12. The third-order valence-corrected chi connectivity index (χ3v) is 5.30. The number of thiophene rings is 1. The van der Waals surface area contributed by atoms with Crippen LogP contribution < -0.4 is 10.6 Å². The minimum absolute atomic E-state index is 0.0354. The Morgan fingerprint density at radius 2 is 1.70 bits per heavy atom. The van der Waals surface area contributed by atoms with E-state index >= 15 is 0 Å². The second-order valence-electron chi connectivity index (χ2n) is 5.32. The molecule has 0 bridgehead atoms. The zero-order chi connectivity index (χ0) is 15.8. The molecule has 0 fully saturated rings. The topological polar surface area (TPSA) is 41.1 Å². The summed E-state index contributed by atoms with van der Waals surface area (Å²) in [5, 5.41) is 9.43. The van der Waals surface area contributed by atoms with Crippen molar-refractivity contribution in [2.45, 2.75) is 6.17 Å². The summed E-state index contributed by atoms with van der Waals surface area (Å²) in [6.45, 7) is 0. The minimum Gasteiger partial charge on any atom is -0.353 e. The number of fused-ring (bicyclic) bond motifs is 1. The van der Waals surface area contributed by atoms with Gasteiger partial charge >= 0.3 is 0 Å². The lowest BCUT2D eigenvalue weighted by atomic mass is 10.0. The molecule has 0 aliphatic carbocycles. The Hall–Kier alpha value is -2.11. The van der Waals surface area contributed by atoms with Crippen molar-refractivity contribution in [2.24, 2.45) is 0 Å². The van der Waals surface area contributed by atoms with Crippen LogP contribution in [0.5, 0.6) is 0 Å². The average Bonchev–Trinajstić information content (AvgIpc) is 3.01. The molecule has 0 radical (unpaired) electrons. The molecule has 5 heteroatoms. The smallest absolute Gasteiger partial charge is 0.256 e. The molecule has 3 aromatic rings. The molecule has 1 aliphatic heterocycles. The van der Waals surface area contributed by atoms with Gasteiger partial charge in [-0.25, -0.2) is 0 Å². The zero-order valence-electron chi connectivity index (χ0n) is 12.0. The van der Waals surface area contributed by atoms with Crippen molar-refractivity contribution >= 4 is 38.2 Å². The Bertz CT molecular complexity index is 858. The molecule has 1 atom stereocenters. The zero-order valence-corrected chi connectivity index (χ0v) is 14.4. The van der Waals surface area contributed by atoms with Crippen LogP contribution in [0.15, 0.2) is 64.5 Å². The van der Waals surface area contributed by atoms with E-state index in [1.165, 1.54) is 0 Å². The van der Waals surface area contributed by atoms with Gasteiger partial charge in [-0.05, 0) is 23.3 Å². The van der Waals surface area contributed by atoms with Gasteiger partial charge in [0, 0.05) is 15.4 Å². The molecule has 0 saturated heterocycles. The second kappa shape index (κ2) is 5.83. The predicted molar refractivity (Wildman–Crippen MR) is 97.7 cm³/mol. The molecule has 2 aromatic carbocycles. The number of hydrogen-bond donors (Lipinski definition) is 2. The maximum atomic E-state index is 12.6. The van der Waals surface area contributed by atoms with Crippen molar-refractivity contribution < 1.29 is 4.79 Å². The maximum absolute atomic E-state index is 12.6. The first kappa shape index (κ1) is 14.5. The molecule has 2 N–H and O–H groups in total. The number of amides is 1. The van der Waals surface area contributed by atoms with Crippen molar-refractivity contribution in [2.75, 3.05) is 5.32 Å². The molecule has 1 aliphatic rings. The van der Waals surface area contributed by atoms with E-state index in [2.05, 4.69) is 26.6 Å². The van der Waals surface area contributed by atoms with Crippen LogP contribution in [0.25, 0.3) is 11.1 Å². The van der Waals surface area contributed by atoms with Crippen LogP contribution in [0.3, 0.4) is 0 Å². The lowest BCUT2D eigenvalue weighted by Gasteiger charge is -2.26. The number of carbonyl (C=O) groups is 1. The first-order chi connectivity index (χ1) is 11.2. The third-order valence-electron chi connectivity index (χ3n) is 3.86. The number of hydrogen-bond acceptors (Lipinski definition) is 3. The van der Waals surface area contributed by atoms with Crippen molar-refractivity contribution in [1.29, 1.82) is 0 Å². The normalized spacial score (nSPS) is 16.4. The van der Waals surface area contributed by atoms with Crippen LogP contribution >= 0.6 is 27.3 Å². The largest absolute Gasteiger partial charge is 0.353 e. The molecular weight excluding hydrogens is 372 g/mol. The van der Waals surface area contributed by atoms with Gasteiger partial charge in [0.25, 0.3) is 5.91 Å². The van der Waals surface area contributed by atoms with Crippen LogP contribution in [0.1, 0.15) is 22.1 Å². The number of carbonyl (C=O) groups excluding carboxylic acids is 1. The summed E-state index contributed by atoms with van der Waals surface area (Å²) >= 11 is 5.00. The fourth-order valence-corrected chi connectivity index (χ4v) is 3.97. The van der Waals surface area contributed by atoms with Gasteiger partial charge in [0.15, 0.2) is 0 Å². The lowest BCUT2D eigenvalue weighted by molar-refractivity contribution is 0.0937. The van der Waals surface area contributed by atoms with Crippen LogP contribution in [-0.4, -0.2) is 5.91 Å². The first-order valence-electron chi connectivity index (χ1n) is 7.22. The van der Waals surface area contributed by atoms with Gasteiger partial charge in [0.2, 0.25) is 0 Å². The highest BCUT2D eigenvalue weighted by Gasteiger charge is 2.29. The van der Waals surface area contributed by atoms with Crippen molar-refractivity contribution in [3.63, 3.8) is 0 Å². The first-order valence-corrected chi connectivity index (χ1v) is 8.89. The lowest BCUT2D eigenvalue weighted by Crippen LogP contribution is -2.37. The standard InChI is InChI=1S/C18H13BrN2OS/c19-13-8-6-12(7-9-13)16-20-17(22)15-14(10-23-18(15)21-16)11-4-2-1-3-5-11/h1-10,16,21H,(H,20,22). The third kappa shape index (κ3) is 2.66. The molecule has 0 spiro atoms. The molecule has 1 aromatic heterocycles. The quantitative estimate of drug-likeness (QED) is 0.650. The number of rotatable bonds is 2. The van der Waals surface area contributed by atoms with Gasteiger partial charge in [0.1, 0.15) is 11.2 Å². The molecule has 114 valence electrons. The van der Waals surface area contributed by atoms with Crippen LogP contribution in [0.2, 0.25) is 0 Å². The fraction of sp³-hybridized carbons (Fsp3) is 0.0556. The summed E-state index contributed by atoms with van der Waals surface area (Å²) in [6.07, 6.45) is -0.203. The van der Waals surface area contributed by atoms with E-state index in [4.69, 9.17) is 0 Å². The van der Waals surface area contributed by atoms with E-state index in [0.29, 0.717) is 0 Å². The molecule has 1 amide bonds. The van der Waals surface area contributed by atoms with Gasteiger partial charge in [-0.3, -0.25) is 4.79 Å². The summed E-state index contributed by atoms with van der Waals surface area (Å²) in [5.41, 5.74) is 3.80. The fourth-order valence-electron chi connectivity index (χ4n) is 2.71. The SMILES string of the molecule is O=C1NC(c2ccc(Br)cc2)Nc2scc(-c3ccccc3)c21. The summed E-state index contributed by atoms with van der Waals surface area (Å²) in [6, 6.07) is 17.9. The average molecular weight is 385 g/mol.